The van der Waals surface area contributed by atoms with Gasteiger partial charge in [-0.1, -0.05) is 0 Å². The van der Waals surface area contributed by atoms with Gasteiger partial charge in [0.25, 0.3) is 0 Å². The van der Waals surface area contributed by atoms with Crippen molar-refractivity contribution in [3.8, 4) is 0 Å². The minimum Gasteiger partial charge on any atom is -0.382 e. The van der Waals surface area contributed by atoms with Crippen LogP contribution in [0.4, 0.5) is 5.69 Å². The zero-order valence-corrected chi connectivity index (χ0v) is 10.4. The fourth-order valence-electron chi connectivity index (χ4n) is 1.98. The minimum absolute atomic E-state index is 0.214. The first-order valence-electron chi connectivity index (χ1n) is 5.70. The number of anilines is 1. The molecule has 0 spiro atoms. The van der Waals surface area contributed by atoms with Gasteiger partial charge in [0.15, 0.2) is 0 Å². The Morgan fingerprint density at radius 3 is 2.76 bits per heavy atom. The monoisotopic (exact) mass is 255 g/mol. The molecule has 1 aromatic heterocycles. The Kier molecular flexibility index (Phi) is 3.63. The van der Waals surface area contributed by atoms with Crippen LogP contribution in [0.3, 0.4) is 0 Å². The van der Waals surface area contributed by atoms with E-state index >= 15 is 0 Å². The number of rotatable bonds is 3. The van der Waals surface area contributed by atoms with E-state index in [2.05, 4.69) is 10.3 Å². The standard InChI is InChI=1S/C11H17N3O2S/c12-7-9-8-13-4-1-11(9)14-10-2-5-17(15,16)6-3-10/h1,4,8,10H,2-3,5-7,12H2,(H,13,14). The Labute approximate surface area is 101 Å². The molecule has 0 saturated carbocycles. The molecule has 0 radical (unpaired) electrons. The van der Waals surface area contributed by atoms with Crippen LogP contribution in [0.25, 0.3) is 0 Å². The molecule has 1 saturated heterocycles. The lowest BCUT2D eigenvalue weighted by Crippen LogP contribution is -2.32. The van der Waals surface area contributed by atoms with Gasteiger partial charge >= 0.3 is 0 Å². The summed E-state index contributed by atoms with van der Waals surface area (Å²) in [6.45, 7) is 0.432. The van der Waals surface area contributed by atoms with E-state index in [4.69, 9.17) is 5.73 Å². The third kappa shape index (κ3) is 3.17. The van der Waals surface area contributed by atoms with Gasteiger partial charge in [0, 0.05) is 36.2 Å². The zero-order chi connectivity index (χ0) is 12.3. The molecule has 1 aliphatic rings. The Morgan fingerprint density at radius 1 is 1.41 bits per heavy atom. The fourth-order valence-corrected chi connectivity index (χ4v) is 3.48. The van der Waals surface area contributed by atoms with Gasteiger partial charge in [-0.2, -0.15) is 0 Å². The van der Waals surface area contributed by atoms with Crippen molar-refractivity contribution in [2.45, 2.75) is 25.4 Å². The molecule has 1 fully saturated rings. The Morgan fingerprint density at radius 2 is 2.12 bits per heavy atom. The van der Waals surface area contributed by atoms with Crippen LogP contribution in [-0.4, -0.2) is 30.9 Å². The molecule has 1 aliphatic heterocycles. The average molecular weight is 255 g/mol. The molecule has 5 nitrogen and oxygen atoms in total. The molecular formula is C11H17N3O2S. The summed E-state index contributed by atoms with van der Waals surface area (Å²) in [4.78, 5) is 4.02. The molecule has 0 unspecified atom stereocenters. The van der Waals surface area contributed by atoms with Crippen LogP contribution < -0.4 is 11.1 Å². The molecule has 3 N–H and O–H groups in total. The summed E-state index contributed by atoms with van der Waals surface area (Å²) >= 11 is 0. The van der Waals surface area contributed by atoms with Crippen molar-refractivity contribution in [3.05, 3.63) is 24.0 Å². The van der Waals surface area contributed by atoms with Crippen molar-refractivity contribution in [1.29, 1.82) is 0 Å². The second-order valence-corrected chi connectivity index (χ2v) is 6.61. The van der Waals surface area contributed by atoms with Gasteiger partial charge < -0.3 is 11.1 Å². The third-order valence-electron chi connectivity index (χ3n) is 3.04. The molecule has 2 heterocycles. The predicted molar refractivity (Wildman–Crippen MR) is 67.4 cm³/mol. The fraction of sp³-hybridized carbons (Fsp3) is 0.545. The van der Waals surface area contributed by atoms with E-state index < -0.39 is 9.84 Å². The van der Waals surface area contributed by atoms with Gasteiger partial charge in [-0.25, -0.2) is 8.42 Å². The van der Waals surface area contributed by atoms with E-state index in [1.165, 1.54) is 0 Å². The maximum Gasteiger partial charge on any atom is 0.150 e. The lowest BCUT2D eigenvalue weighted by atomic mass is 10.1. The Balaban J connectivity index is 2.02. The normalized spacial score (nSPS) is 20.1. The van der Waals surface area contributed by atoms with Crippen LogP contribution >= 0.6 is 0 Å². The number of pyridine rings is 1. The smallest absolute Gasteiger partial charge is 0.150 e. The van der Waals surface area contributed by atoms with E-state index in [-0.39, 0.29) is 17.5 Å². The van der Waals surface area contributed by atoms with Crippen LogP contribution in [0.15, 0.2) is 18.5 Å². The summed E-state index contributed by atoms with van der Waals surface area (Å²) in [7, 11) is -2.80. The summed E-state index contributed by atoms with van der Waals surface area (Å²) < 4.78 is 22.6. The number of aromatic nitrogens is 1. The van der Waals surface area contributed by atoms with Crippen LogP contribution in [0.5, 0.6) is 0 Å². The van der Waals surface area contributed by atoms with Crippen molar-refractivity contribution in [3.63, 3.8) is 0 Å². The number of nitrogens with two attached hydrogens (primary N) is 1. The largest absolute Gasteiger partial charge is 0.382 e. The predicted octanol–water partition coefficient (Wildman–Crippen LogP) is 0.529. The van der Waals surface area contributed by atoms with Crippen molar-refractivity contribution in [2.24, 2.45) is 5.73 Å². The lowest BCUT2D eigenvalue weighted by Gasteiger charge is -2.25. The van der Waals surface area contributed by atoms with Crippen molar-refractivity contribution >= 4 is 15.5 Å². The first-order valence-corrected chi connectivity index (χ1v) is 7.53. The van der Waals surface area contributed by atoms with Crippen LogP contribution in [0, 0.1) is 0 Å². The topological polar surface area (TPSA) is 85.1 Å². The van der Waals surface area contributed by atoms with E-state index in [9.17, 15) is 8.42 Å². The third-order valence-corrected chi connectivity index (χ3v) is 4.75. The molecule has 2 rings (SSSR count). The second kappa shape index (κ2) is 5.01. The highest BCUT2D eigenvalue weighted by Gasteiger charge is 2.23. The molecule has 0 bridgehead atoms. The summed E-state index contributed by atoms with van der Waals surface area (Å²) in [5.41, 5.74) is 7.55. The van der Waals surface area contributed by atoms with E-state index in [1.807, 2.05) is 6.07 Å². The highest BCUT2D eigenvalue weighted by molar-refractivity contribution is 7.91. The summed E-state index contributed by atoms with van der Waals surface area (Å²) in [6.07, 6.45) is 4.77. The van der Waals surface area contributed by atoms with Gasteiger partial charge in [0.1, 0.15) is 9.84 Å². The number of sulfone groups is 1. The van der Waals surface area contributed by atoms with Crippen molar-refractivity contribution in [2.75, 3.05) is 16.8 Å². The molecular weight excluding hydrogens is 238 g/mol. The zero-order valence-electron chi connectivity index (χ0n) is 9.59. The number of nitrogens with zero attached hydrogens (tertiary/aromatic N) is 1. The van der Waals surface area contributed by atoms with Crippen LogP contribution in [0.2, 0.25) is 0 Å². The lowest BCUT2D eigenvalue weighted by molar-refractivity contribution is 0.559. The molecule has 0 aromatic carbocycles. The molecule has 0 atom stereocenters. The van der Waals surface area contributed by atoms with Crippen molar-refractivity contribution < 1.29 is 8.42 Å². The Bertz CT molecular complexity index is 473. The SMILES string of the molecule is NCc1cnccc1NC1CCS(=O)(=O)CC1. The second-order valence-electron chi connectivity index (χ2n) is 4.31. The van der Waals surface area contributed by atoms with Gasteiger partial charge in [0.2, 0.25) is 0 Å². The summed E-state index contributed by atoms with van der Waals surface area (Å²) in [5, 5.41) is 3.35. The van der Waals surface area contributed by atoms with Gasteiger partial charge in [0.05, 0.1) is 11.5 Å². The van der Waals surface area contributed by atoms with Crippen molar-refractivity contribution in [1.82, 2.24) is 4.98 Å². The molecule has 6 heteroatoms. The highest BCUT2D eigenvalue weighted by Crippen LogP contribution is 2.20. The van der Waals surface area contributed by atoms with E-state index in [0.717, 1.165) is 11.3 Å². The molecule has 0 amide bonds. The summed E-state index contributed by atoms with van der Waals surface area (Å²) in [5.74, 6) is 0.543. The van der Waals surface area contributed by atoms with E-state index in [0.29, 0.717) is 19.4 Å². The Hall–Kier alpha value is -1.14. The average Bonchev–Trinajstić information content (AvgIpc) is 2.32. The molecule has 17 heavy (non-hydrogen) atoms. The molecule has 1 aromatic rings. The molecule has 0 aliphatic carbocycles. The first kappa shape index (κ1) is 12.3. The maximum atomic E-state index is 11.3. The number of hydrogen-bond acceptors (Lipinski definition) is 5. The minimum atomic E-state index is -2.80. The van der Waals surface area contributed by atoms with E-state index in [1.54, 1.807) is 12.4 Å². The summed E-state index contributed by atoms with van der Waals surface area (Å²) in [6, 6.07) is 2.09. The van der Waals surface area contributed by atoms with Gasteiger partial charge in [-0.05, 0) is 18.9 Å². The maximum absolute atomic E-state index is 11.3. The number of hydrogen-bond donors (Lipinski definition) is 2. The van der Waals surface area contributed by atoms with Gasteiger partial charge in [-0.3, -0.25) is 4.98 Å². The highest BCUT2D eigenvalue weighted by atomic mass is 32.2. The first-order chi connectivity index (χ1) is 8.11. The number of nitrogens with one attached hydrogen (secondary N) is 1. The van der Waals surface area contributed by atoms with Crippen LogP contribution in [-0.2, 0) is 16.4 Å². The molecule has 94 valence electrons. The van der Waals surface area contributed by atoms with Crippen LogP contribution in [0.1, 0.15) is 18.4 Å². The quantitative estimate of drug-likeness (QED) is 0.823. The van der Waals surface area contributed by atoms with Gasteiger partial charge in [-0.15, -0.1) is 0 Å².